The van der Waals surface area contributed by atoms with E-state index in [1.165, 1.54) is 0 Å². The van der Waals surface area contributed by atoms with E-state index >= 15 is 0 Å². The van der Waals surface area contributed by atoms with Gasteiger partial charge in [0.25, 0.3) is 0 Å². The second kappa shape index (κ2) is 6.05. The van der Waals surface area contributed by atoms with Gasteiger partial charge in [0, 0.05) is 6.04 Å². The maximum Gasteiger partial charge on any atom is 0.0657 e. The lowest BCUT2D eigenvalue weighted by Gasteiger charge is -2.33. The van der Waals surface area contributed by atoms with Crippen LogP contribution in [0.3, 0.4) is 0 Å². The van der Waals surface area contributed by atoms with Crippen LogP contribution in [0.4, 0.5) is 0 Å². The van der Waals surface area contributed by atoms with Gasteiger partial charge in [0.15, 0.2) is 0 Å². The first-order chi connectivity index (χ1) is 7.94. The highest BCUT2D eigenvalue weighted by molar-refractivity contribution is 6.42. The van der Waals surface area contributed by atoms with E-state index in [9.17, 15) is 5.11 Å². The standard InChI is InChI=1S/C13H19Cl2NO/c1-4-9(2)16-13(3,8-17)10-6-5-7-11(14)12(10)15/h5-7,9,16-17H,4,8H2,1-3H3. The number of aliphatic hydroxyl groups excluding tert-OH is 1. The molecule has 2 atom stereocenters. The minimum Gasteiger partial charge on any atom is -0.394 e. The number of aliphatic hydroxyl groups is 1. The molecule has 0 amide bonds. The van der Waals surface area contributed by atoms with E-state index < -0.39 is 5.54 Å². The lowest BCUT2D eigenvalue weighted by atomic mass is 9.91. The second-order valence-electron chi connectivity index (χ2n) is 4.55. The van der Waals surface area contributed by atoms with Crippen molar-refractivity contribution in [2.24, 2.45) is 0 Å². The minimum atomic E-state index is -0.572. The number of benzene rings is 1. The van der Waals surface area contributed by atoms with E-state index in [0.717, 1.165) is 12.0 Å². The summed E-state index contributed by atoms with van der Waals surface area (Å²) in [5, 5.41) is 14.0. The van der Waals surface area contributed by atoms with Gasteiger partial charge in [-0.25, -0.2) is 0 Å². The Kier molecular flexibility index (Phi) is 5.26. The Morgan fingerprint density at radius 3 is 2.59 bits per heavy atom. The summed E-state index contributed by atoms with van der Waals surface area (Å²) in [5.74, 6) is 0. The van der Waals surface area contributed by atoms with E-state index in [1.54, 1.807) is 6.07 Å². The maximum atomic E-state index is 9.63. The van der Waals surface area contributed by atoms with Crippen LogP contribution in [0.15, 0.2) is 18.2 Å². The van der Waals surface area contributed by atoms with Crippen LogP contribution >= 0.6 is 23.2 Å². The van der Waals surface area contributed by atoms with Crippen molar-refractivity contribution in [1.82, 2.24) is 5.32 Å². The molecule has 1 aromatic rings. The van der Waals surface area contributed by atoms with Crippen molar-refractivity contribution in [3.05, 3.63) is 33.8 Å². The van der Waals surface area contributed by atoms with Gasteiger partial charge in [0.05, 0.1) is 22.2 Å². The third-order valence-electron chi connectivity index (χ3n) is 3.04. The molecule has 2 unspecified atom stereocenters. The fourth-order valence-corrected chi connectivity index (χ4v) is 2.29. The summed E-state index contributed by atoms with van der Waals surface area (Å²) in [6.45, 7) is 6.06. The molecule has 4 heteroatoms. The zero-order chi connectivity index (χ0) is 13.1. The Morgan fingerprint density at radius 1 is 1.41 bits per heavy atom. The van der Waals surface area contributed by atoms with Crippen molar-refractivity contribution in [2.75, 3.05) is 6.61 Å². The fourth-order valence-electron chi connectivity index (χ4n) is 1.78. The van der Waals surface area contributed by atoms with E-state index in [0.29, 0.717) is 16.1 Å². The van der Waals surface area contributed by atoms with Crippen LogP contribution in [-0.2, 0) is 5.54 Å². The van der Waals surface area contributed by atoms with Gasteiger partial charge in [-0.1, -0.05) is 42.3 Å². The van der Waals surface area contributed by atoms with Crippen LogP contribution in [0.2, 0.25) is 10.0 Å². The predicted molar refractivity (Wildman–Crippen MR) is 73.8 cm³/mol. The number of hydrogen-bond acceptors (Lipinski definition) is 2. The average Bonchev–Trinajstić information content (AvgIpc) is 2.32. The van der Waals surface area contributed by atoms with E-state index in [4.69, 9.17) is 23.2 Å². The van der Waals surface area contributed by atoms with E-state index in [-0.39, 0.29) is 6.61 Å². The molecule has 0 aromatic heterocycles. The minimum absolute atomic E-state index is 0.0304. The molecule has 0 spiro atoms. The highest BCUT2D eigenvalue weighted by Gasteiger charge is 2.29. The molecule has 1 aromatic carbocycles. The normalized spacial score (nSPS) is 16.6. The van der Waals surface area contributed by atoms with Crippen molar-refractivity contribution in [2.45, 2.75) is 38.8 Å². The van der Waals surface area contributed by atoms with Crippen LogP contribution in [0.1, 0.15) is 32.8 Å². The Balaban J connectivity index is 3.11. The number of hydrogen-bond donors (Lipinski definition) is 2. The van der Waals surface area contributed by atoms with Crippen molar-refractivity contribution < 1.29 is 5.11 Å². The molecule has 0 bridgehead atoms. The van der Waals surface area contributed by atoms with E-state index in [2.05, 4.69) is 19.2 Å². The quantitative estimate of drug-likeness (QED) is 0.861. The monoisotopic (exact) mass is 275 g/mol. The van der Waals surface area contributed by atoms with Gasteiger partial charge in [-0.15, -0.1) is 0 Å². The Hall–Kier alpha value is -0.280. The highest BCUT2D eigenvalue weighted by Crippen LogP contribution is 2.33. The zero-order valence-corrected chi connectivity index (χ0v) is 11.9. The third-order valence-corrected chi connectivity index (χ3v) is 3.86. The Bertz CT molecular complexity index is 384. The summed E-state index contributed by atoms with van der Waals surface area (Å²) >= 11 is 12.2. The smallest absolute Gasteiger partial charge is 0.0657 e. The van der Waals surface area contributed by atoms with Gasteiger partial charge in [-0.05, 0) is 31.9 Å². The molecular formula is C13H19Cl2NO. The summed E-state index contributed by atoms with van der Waals surface area (Å²) in [7, 11) is 0. The molecule has 17 heavy (non-hydrogen) atoms. The van der Waals surface area contributed by atoms with Crippen molar-refractivity contribution >= 4 is 23.2 Å². The van der Waals surface area contributed by atoms with Crippen LogP contribution in [0.5, 0.6) is 0 Å². The van der Waals surface area contributed by atoms with Crippen molar-refractivity contribution in [1.29, 1.82) is 0 Å². The lowest BCUT2D eigenvalue weighted by molar-refractivity contribution is 0.162. The number of nitrogens with one attached hydrogen (secondary N) is 1. The van der Waals surface area contributed by atoms with Crippen LogP contribution in [0.25, 0.3) is 0 Å². The molecule has 0 fully saturated rings. The first kappa shape index (κ1) is 14.8. The summed E-state index contributed by atoms with van der Waals surface area (Å²) < 4.78 is 0. The second-order valence-corrected chi connectivity index (χ2v) is 5.33. The number of halogens is 2. The first-order valence-electron chi connectivity index (χ1n) is 5.77. The lowest BCUT2D eigenvalue weighted by Crippen LogP contribution is -2.47. The Labute approximate surface area is 113 Å². The molecule has 0 radical (unpaired) electrons. The molecular weight excluding hydrogens is 257 g/mol. The molecule has 1 rings (SSSR count). The van der Waals surface area contributed by atoms with Gasteiger partial charge < -0.3 is 10.4 Å². The fraction of sp³-hybridized carbons (Fsp3) is 0.538. The Morgan fingerprint density at radius 2 is 2.06 bits per heavy atom. The number of rotatable bonds is 5. The third kappa shape index (κ3) is 3.35. The summed E-state index contributed by atoms with van der Waals surface area (Å²) in [5.41, 5.74) is 0.256. The zero-order valence-electron chi connectivity index (χ0n) is 10.4. The molecule has 0 saturated heterocycles. The van der Waals surface area contributed by atoms with Gasteiger partial charge in [-0.2, -0.15) is 0 Å². The summed E-state index contributed by atoms with van der Waals surface area (Å²) in [6, 6.07) is 5.77. The van der Waals surface area contributed by atoms with Gasteiger partial charge in [0.1, 0.15) is 0 Å². The molecule has 2 nitrogen and oxygen atoms in total. The van der Waals surface area contributed by atoms with Crippen LogP contribution in [0, 0.1) is 0 Å². The van der Waals surface area contributed by atoms with Gasteiger partial charge in [-0.3, -0.25) is 0 Å². The summed E-state index contributed by atoms with van der Waals surface area (Å²) in [4.78, 5) is 0. The molecule has 2 N–H and O–H groups in total. The predicted octanol–water partition coefficient (Wildman–Crippen LogP) is 3.59. The average molecular weight is 276 g/mol. The molecule has 0 saturated carbocycles. The molecule has 0 aliphatic carbocycles. The van der Waals surface area contributed by atoms with Gasteiger partial charge >= 0.3 is 0 Å². The summed E-state index contributed by atoms with van der Waals surface area (Å²) in [6.07, 6.45) is 0.980. The molecule has 0 aliphatic rings. The molecule has 96 valence electrons. The molecule has 0 aliphatic heterocycles. The largest absolute Gasteiger partial charge is 0.394 e. The SMILES string of the molecule is CCC(C)NC(C)(CO)c1cccc(Cl)c1Cl. The van der Waals surface area contributed by atoms with Crippen LogP contribution in [-0.4, -0.2) is 17.8 Å². The highest BCUT2D eigenvalue weighted by atomic mass is 35.5. The maximum absolute atomic E-state index is 9.63. The van der Waals surface area contributed by atoms with Crippen LogP contribution < -0.4 is 5.32 Å². The van der Waals surface area contributed by atoms with Crippen molar-refractivity contribution in [3.8, 4) is 0 Å². The molecule has 0 heterocycles. The topological polar surface area (TPSA) is 32.3 Å². The van der Waals surface area contributed by atoms with E-state index in [1.807, 2.05) is 19.1 Å². The van der Waals surface area contributed by atoms with Crippen molar-refractivity contribution in [3.63, 3.8) is 0 Å². The van der Waals surface area contributed by atoms with Gasteiger partial charge in [0.2, 0.25) is 0 Å². The first-order valence-corrected chi connectivity index (χ1v) is 6.53.